The molecule has 1 atom stereocenters. The number of piperidine rings is 1. The topological polar surface area (TPSA) is 60.6 Å². The molecule has 0 aliphatic carbocycles. The normalized spacial score (nSPS) is 17.5. The summed E-state index contributed by atoms with van der Waals surface area (Å²) >= 11 is 1.60. The summed E-state index contributed by atoms with van der Waals surface area (Å²) in [7, 11) is 3.36. The maximum absolute atomic E-state index is 5.77. The van der Waals surface area contributed by atoms with E-state index < -0.39 is 0 Å². The first kappa shape index (κ1) is 20.8. The number of thiazole rings is 1. The minimum atomic E-state index is 0. The molecule has 5 nitrogen and oxygen atoms in total. The van der Waals surface area contributed by atoms with E-state index in [1.54, 1.807) is 25.6 Å². The van der Waals surface area contributed by atoms with Crippen LogP contribution in [-0.4, -0.2) is 36.7 Å². The van der Waals surface area contributed by atoms with Crippen LogP contribution >= 0.6 is 23.7 Å². The van der Waals surface area contributed by atoms with Crippen LogP contribution in [0.3, 0.4) is 0 Å². The van der Waals surface area contributed by atoms with Gasteiger partial charge in [-0.25, -0.2) is 4.98 Å². The molecular weight excluding hydrogens is 370 g/mol. The first-order valence-electron chi connectivity index (χ1n) is 8.84. The van der Waals surface area contributed by atoms with Gasteiger partial charge in [0.05, 0.1) is 14.2 Å². The number of aryl methyl sites for hydroxylation is 1. The molecule has 2 aromatic rings. The van der Waals surface area contributed by atoms with Crippen molar-refractivity contribution in [2.24, 2.45) is 0 Å². The number of rotatable bonds is 7. The van der Waals surface area contributed by atoms with Crippen molar-refractivity contribution in [1.29, 1.82) is 0 Å². The standard InChI is InChI=1S/C19H27N3O2S.ClH/c1-23-17-9-7-14(11-18(17)24-2)6-8-15-5-3-4-10-22(15)13-16-12-21-19(20)25-16;/h7,9,11-12,15H,3-6,8,10,13H2,1-2H3,(H2,20,21);1H. The van der Waals surface area contributed by atoms with Crippen LogP contribution in [-0.2, 0) is 13.0 Å². The third-order valence-electron chi connectivity index (χ3n) is 4.89. The Balaban J connectivity index is 0.00000243. The number of nitrogens with zero attached hydrogens (tertiary/aromatic N) is 2. The van der Waals surface area contributed by atoms with Gasteiger partial charge in [0.2, 0.25) is 0 Å². The van der Waals surface area contributed by atoms with Crippen molar-refractivity contribution >= 4 is 28.9 Å². The molecular formula is C19H28ClN3O2S. The van der Waals surface area contributed by atoms with Gasteiger partial charge in [0.15, 0.2) is 16.6 Å². The summed E-state index contributed by atoms with van der Waals surface area (Å²) in [5, 5.41) is 0.661. The Bertz CT molecular complexity index is 695. The molecule has 0 saturated carbocycles. The zero-order valence-corrected chi connectivity index (χ0v) is 17.1. The van der Waals surface area contributed by atoms with Crippen LogP contribution in [0.1, 0.15) is 36.1 Å². The quantitative estimate of drug-likeness (QED) is 0.760. The summed E-state index contributed by atoms with van der Waals surface area (Å²) < 4.78 is 10.7. The predicted molar refractivity (Wildman–Crippen MR) is 110 cm³/mol. The minimum absolute atomic E-state index is 0. The van der Waals surface area contributed by atoms with Crippen LogP contribution in [0.2, 0.25) is 0 Å². The van der Waals surface area contributed by atoms with E-state index in [1.165, 1.54) is 29.7 Å². The Hall–Kier alpha value is -1.50. The summed E-state index contributed by atoms with van der Waals surface area (Å²) in [6.45, 7) is 2.12. The van der Waals surface area contributed by atoms with Crippen LogP contribution in [0.15, 0.2) is 24.4 Å². The molecule has 1 fully saturated rings. The molecule has 1 unspecified atom stereocenters. The molecule has 1 saturated heterocycles. The Morgan fingerprint density at radius 2 is 2.04 bits per heavy atom. The zero-order valence-electron chi connectivity index (χ0n) is 15.4. The molecule has 1 aliphatic heterocycles. The molecule has 144 valence electrons. The van der Waals surface area contributed by atoms with E-state index in [2.05, 4.69) is 22.0 Å². The molecule has 2 heterocycles. The lowest BCUT2D eigenvalue weighted by Crippen LogP contribution is -2.39. The fraction of sp³-hybridized carbons (Fsp3) is 0.526. The van der Waals surface area contributed by atoms with Gasteiger partial charge in [0, 0.05) is 23.7 Å². The third-order valence-corrected chi connectivity index (χ3v) is 5.70. The van der Waals surface area contributed by atoms with Crippen molar-refractivity contribution in [3.05, 3.63) is 34.8 Å². The highest BCUT2D eigenvalue weighted by atomic mass is 35.5. The van der Waals surface area contributed by atoms with Gasteiger partial charge in [0.1, 0.15) is 0 Å². The van der Waals surface area contributed by atoms with Crippen molar-refractivity contribution < 1.29 is 9.47 Å². The van der Waals surface area contributed by atoms with Gasteiger partial charge in [-0.15, -0.1) is 23.7 Å². The monoisotopic (exact) mass is 397 g/mol. The Morgan fingerprint density at radius 1 is 1.23 bits per heavy atom. The largest absolute Gasteiger partial charge is 0.493 e. The number of hydrogen-bond donors (Lipinski definition) is 1. The number of nitrogen functional groups attached to an aromatic ring is 1. The number of benzene rings is 1. The van der Waals surface area contributed by atoms with Crippen LogP contribution in [0.25, 0.3) is 0 Å². The zero-order chi connectivity index (χ0) is 17.6. The van der Waals surface area contributed by atoms with Crippen molar-refractivity contribution in [2.75, 3.05) is 26.5 Å². The number of aromatic nitrogens is 1. The van der Waals surface area contributed by atoms with Crippen molar-refractivity contribution in [3.8, 4) is 11.5 Å². The fourth-order valence-electron chi connectivity index (χ4n) is 3.56. The summed E-state index contributed by atoms with van der Waals surface area (Å²) in [6, 6.07) is 6.84. The number of nitrogens with two attached hydrogens (primary N) is 1. The van der Waals surface area contributed by atoms with E-state index in [0.29, 0.717) is 11.2 Å². The lowest BCUT2D eigenvalue weighted by atomic mass is 9.95. The second-order valence-electron chi connectivity index (χ2n) is 6.51. The van der Waals surface area contributed by atoms with Crippen LogP contribution in [0, 0.1) is 0 Å². The van der Waals surface area contributed by atoms with Gasteiger partial charge in [0.25, 0.3) is 0 Å². The van der Waals surface area contributed by atoms with E-state index in [1.807, 2.05) is 12.3 Å². The number of anilines is 1. The highest BCUT2D eigenvalue weighted by Crippen LogP contribution is 2.30. The molecule has 0 radical (unpaired) electrons. The number of ether oxygens (including phenoxy) is 2. The molecule has 0 bridgehead atoms. The highest BCUT2D eigenvalue weighted by molar-refractivity contribution is 7.15. The second-order valence-corrected chi connectivity index (χ2v) is 7.66. The SMILES string of the molecule is COc1ccc(CCC2CCCCN2Cc2cnc(N)s2)cc1OC.Cl. The van der Waals surface area contributed by atoms with Crippen molar-refractivity contribution in [3.63, 3.8) is 0 Å². The Morgan fingerprint density at radius 3 is 2.73 bits per heavy atom. The summed E-state index contributed by atoms with van der Waals surface area (Å²) in [4.78, 5) is 8.03. The van der Waals surface area contributed by atoms with Crippen LogP contribution in [0.5, 0.6) is 11.5 Å². The molecule has 3 rings (SSSR count). The van der Waals surface area contributed by atoms with Crippen molar-refractivity contribution in [2.45, 2.75) is 44.7 Å². The average molecular weight is 398 g/mol. The molecule has 2 N–H and O–H groups in total. The number of hydrogen-bond acceptors (Lipinski definition) is 6. The van der Waals surface area contributed by atoms with Gasteiger partial charge >= 0.3 is 0 Å². The molecule has 7 heteroatoms. The molecule has 1 aromatic heterocycles. The van der Waals surface area contributed by atoms with Crippen LogP contribution < -0.4 is 15.2 Å². The second kappa shape index (κ2) is 10.00. The van der Waals surface area contributed by atoms with E-state index in [9.17, 15) is 0 Å². The van der Waals surface area contributed by atoms with Gasteiger partial charge in [-0.2, -0.15) is 0 Å². The summed E-state index contributed by atoms with van der Waals surface area (Å²) in [5.41, 5.74) is 7.07. The first-order chi connectivity index (χ1) is 12.2. The van der Waals surface area contributed by atoms with Gasteiger partial charge in [-0.05, 0) is 49.9 Å². The highest BCUT2D eigenvalue weighted by Gasteiger charge is 2.23. The lowest BCUT2D eigenvalue weighted by molar-refractivity contribution is 0.133. The third kappa shape index (κ3) is 5.25. The predicted octanol–water partition coefficient (Wildman–Crippen LogP) is 4.15. The Kier molecular flexibility index (Phi) is 8.00. The van der Waals surface area contributed by atoms with Gasteiger partial charge in [-0.1, -0.05) is 12.5 Å². The van der Waals surface area contributed by atoms with E-state index >= 15 is 0 Å². The molecule has 26 heavy (non-hydrogen) atoms. The van der Waals surface area contributed by atoms with Gasteiger partial charge in [-0.3, -0.25) is 4.90 Å². The van der Waals surface area contributed by atoms with E-state index in [-0.39, 0.29) is 12.4 Å². The Labute approximate surface area is 165 Å². The lowest BCUT2D eigenvalue weighted by Gasteiger charge is -2.35. The number of halogens is 1. The van der Waals surface area contributed by atoms with Crippen molar-refractivity contribution in [1.82, 2.24) is 9.88 Å². The minimum Gasteiger partial charge on any atom is -0.493 e. The average Bonchev–Trinajstić information content (AvgIpc) is 3.05. The molecule has 1 aliphatic rings. The van der Waals surface area contributed by atoms with E-state index in [4.69, 9.17) is 15.2 Å². The maximum Gasteiger partial charge on any atom is 0.180 e. The van der Waals surface area contributed by atoms with Crippen LogP contribution in [0.4, 0.5) is 5.13 Å². The first-order valence-corrected chi connectivity index (χ1v) is 9.66. The number of likely N-dealkylation sites (tertiary alicyclic amines) is 1. The van der Waals surface area contributed by atoms with Gasteiger partial charge < -0.3 is 15.2 Å². The maximum atomic E-state index is 5.77. The summed E-state index contributed by atoms with van der Waals surface area (Å²) in [6.07, 6.45) is 7.98. The molecule has 0 spiro atoms. The number of methoxy groups -OCH3 is 2. The smallest absolute Gasteiger partial charge is 0.180 e. The fourth-order valence-corrected chi connectivity index (χ4v) is 4.27. The van der Waals surface area contributed by atoms with E-state index in [0.717, 1.165) is 37.4 Å². The molecule has 0 amide bonds. The summed E-state index contributed by atoms with van der Waals surface area (Å²) in [5.74, 6) is 1.59. The molecule has 1 aromatic carbocycles.